The second-order valence-corrected chi connectivity index (χ2v) is 3.98. The molecule has 86 valence electrons. The van der Waals surface area contributed by atoms with Crippen molar-refractivity contribution in [2.24, 2.45) is 4.99 Å². The van der Waals surface area contributed by atoms with Crippen LogP contribution in [-0.2, 0) is 0 Å². The van der Waals surface area contributed by atoms with Crippen molar-refractivity contribution in [3.8, 4) is 5.69 Å². The van der Waals surface area contributed by atoms with E-state index in [1.807, 2.05) is 29.1 Å². The smallest absolute Gasteiger partial charge is 0.130 e. The molecule has 1 aromatic heterocycles. The third kappa shape index (κ3) is 1.93. The van der Waals surface area contributed by atoms with Gasteiger partial charge in [-0.3, -0.25) is 4.99 Å². The third-order valence-electron chi connectivity index (χ3n) is 2.81. The fraction of sp³-hybridized carbons (Fsp3) is 0.231. The molecule has 0 amide bonds. The van der Waals surface area contributed by atoms with Gasteiger partial charge in [0.25, 0.3) is 0 Å². The largest absolute Gasteiger partial charge is 0.370 e. The Hall–Kier alpha value is -2.10. The molecule has 3 rings (SSSR count). The molecule has 1 aliphatic rings. The Balaban J connectivity index is 2.07. The summed E-state index contributed by atoms with van der Waals surface area (Å²) >= 11 is 0. The molecule has 1 aliphatic heterocycles. The van der Waals surface area contributed by atoms with Crippen molar-refractivity contribution in [3.05, 3.63) is 48.3 Å². The first-order valence-electron chi connectivity index (χ1n) is 5.83. The van der Waals surface area contributed by atoms with Crippen LogP contribution in [0.4, 0.5) is 0 Å². The van der Waals surface area contributed by atoms with E-state index >= 15 is 0 Å². The van der Waals surface area contributed by atoms with Crippen LogP contribution in [0.25, 0.3) is 5.69 Å². The van der Waals surface area contributed by atoms with E-state index < -0.39 is 0 Å². The Kier molecular flexibility index (Phi) is 2.62. The Morgan fingerprint density at radius 3 is 2.88 bits per heavy atom. The highest BCUT2D eigenvalue weighted by atomic mass is 15.3. The van der Waals surface area contributed by atoms with Crippen molar-refractivity contribution >= 4 is 5.84 Å². The first kappa shape index (κ1) is 10.1. The summed E-state index contributed by atoms with van der Waals surface area (Å²) in [5, 5.41) is 7.62. The minimum absolute atomic E-state index is 0.899. The van der Waals surface area contributed by atoms with E-state index in [0.29, 0.717) is 0 Å². The van der Waals surface area contributed by atoms with Crippen LogP contribution in [0.3, 0.4) is 0 Å². The van der Waals surface area contributed by atoms with Gasteiger partial charge in [-0.2, -0.15) is 5.10 Å². The topological polar surface area (TPSA) is 42.2 Å². The second kappa shape index (κ2) is 4.41. The normalized spacial score (nSPS) is 15.2. The fourth-order valence-electron chi connectivity index (χ4n) is 2.00. The van der Waals surface area contributed by atoms with Gasteiger partial charge in [0.05, 0.1) is 5.69 Å². The average Bonchev–Trinajstić information content (AvgIpc) is 2.94. The highest BCUT2D eigenvalue weighted by molar-refractivity contribution is 6.02. The molecule has 0 spiro atoms. The van der Waals surface area contributed by atoms with Crippen molar-refractivity contribution in [3.63, 3.8) is 0 Å². The Morgan fingerprint density at radius 1 is 1.18 bits per heavy atom. The molecule has 0 aliphatic carbocycles. The monoisotopic (exact) mass is 226 g/mol. The van der Waals surface area contributed by atoms with Crippen LogP contribution in [0.15, 0.2) is 47.7 Å². The summed E-state index contributed by atoms with van der Waals surface area (Å²) in [6.07, 6.45) is 4.84. The van der Waals surface area contributed by atoms with Crippen LogP contribution in [-0.4, -0.2) is 28.7 Å². The first-order valence-corrected chi connectivity index (χ1v) is 5.83. The van der Waals surface area contributed by atoms with Gasteiger partial charge in [-0.15, -0.1) is 0 Å². The number of rotatable bonds is 2. The number of amidine groups is 1. The van der Waals surface area contributed by atoms with Gasteiger partial charge in [-0.25, -0.2) is 4.68 Å². The maximum atomic E-state index is 4.53. The summed E-state index contributed by atoms with van der Waals surface area (Å²) < 4.78 is 1.87. The van der Waals surface area contributed by atoms with E-state index in [1.54, 1.807) is 6.20 Å². The molecule has 2 aromatic rings. The molecule has 0 saturated carbocycles. The fourth-order valence-corrected chi connectivity index (χ4v) is 2.00. The quantitative estimate of drug-likeness (QED) is 0.845. The molecule has 0 bridgehead atoms. The lowest BCUT2D eigenvalue weighted by Crippen LogP contribution is -2.31. The van der Waals surface area contributed by atoms with Gasteiger partial charge in [0.1, 0.15) is 5.84 Å². The van der Waals surface area contributed by atoms with Crippen molar-refractivity contribution in [2.45, 2.75) is 6.42 Å². The number of benzene rings is 1. The molecule has 1 N–H and O–H groups in total. The molecule has 2 heterocycles. The lowest BCUT2D eigenvalue weighted by atomic mass is 10.1. The molecule has 1 aromatic carbocycles. The van der Waals surface area contributed by atoms with Crippen molar-refractivity contribution in [1.82, 2.24) is 15.1 Å². The van der Waals surface area contributed by atoms with Crippen molar-refractivity contribution in [2.75, 3.05) is 13.1 Å². The van der Waals surface area contributed by atoms with Gasteiger partial charge in [-0.05, 0) is 24.6 Å². The predicted octanol–water partition coefficient (Wildman–Crippen LogP) is 1.61. The Morgan fingerprint density at radius 2 is 2.12 bits per heavy atom. The maximum absolute atomic E-state index is 4.53. The highest BCUT2D eigenvalue weighted by Crippen LogP contribution is 2.14. The Labute approximate surface area is 100.0 Å². The zero-order chi connectivity index (χ0) is 11.5. The van der Waals surface area contributed by atoms with Gasteiger partial charge in [0, 0.05) is 31.0 Å². The molecule has 0 fully saturated rings. The number of aromatic nitrogens is 2. The van der Waals surface area contributed by atoms with Crippen molar-refractivity contribution in [1.29, 1.82) is 0 Å². The second-order valence-electron chi connectivity index (χ2n) is 3.98. The lowest BCUT2D eigenvalue weighted by molar-refractivity contribution is 0.741. The van der Waals surface area contributed by atoms with Crippen LogP contribution >= 0.6 is 0 Å². The van der Waals surface area contributed by atoms with Crippen LogP contribution < -0.4 is 5.32 Å². The lowest BCUT2D eigenvalue weighted by Gasteiger charge is -2.17. The number of para-hydroxylation sites is 1. The molecule has 0 atom stereocenters. The number of nitrogens with zero attached hydrogens (tertiary/aromatic N) is 3. The minimum Gasteiger partial charge on any atom is -0.370 e. The first-order chi connectivity index (χ1) is 8.45. The molecule has 0 unspecified atom stereocenters. The summed E-state index contributed by atoms with van der Waals surface area (Å²) in [7, 11) is 0. The number of aliphatic imine (C=N–C) groups is 1. The number of nitrogens with one attached hydrogen (secondary N) is 1. The zero-order valence-electron chi connectivity index (χ0n) is 9.50. The van der Waals surface area contributed by atoms with Crippen LogP contribution in [0, 0.1) is 0 Å². The SMILES string of the molecule is c1ccc(-n2cccn2)c(C2=NCCCN2)c1. The summed E-state index contributed by atoms with van der Waals surface area (Å²) in [6, 6.07) is 10.1. The average molecular weight is 226 g/mol. The summed E-state index contributed by atoms with van der Waals surface area (Å²) in [6.45, 7) is 1.89. The van der Waals surface area contributed by atoms with Gasteiger partial charge in [0.15, 0.2) is 0 Å². The summed E-state index contributed by atoms with van der Waals surface area (Å²) in [4.78, 5) is 4.53. The van der Waals surface area contributed by atoms with Crippen molar-refractivity contribution < 1.29 is 0 Å². The van der Waals surface area contributed by atoms with Gasteiger partial charge < -0.3 is 5.32 Å². The number of hydrogen-bond acceptors (Lipinski definition) is 3. The molecule has 0 radical (unpaired) electrons. The van der Waals surface area contributed by atoms with Gasteiger partial charge >= 0.3 is 0 Å². The molecular formula is C13H14N4. The molecule has 4 heteroatoms. The molecule has 0 saturated heterocycles. The number of hydrogen-bond donors (Lipinski definition) is 1. The molecule has 17 heavy (non-hydrogen) atoms. The minimum atomic E-state index is 0.899. The molecule has 4 nitrogen and oxygen atoms in total. The predicted molar refractivity (Wildman–Crippen MR) is 67.6 cm³/mol. The van der Waals surface area contributed by atoms with E-state index in [1.165, 1.54) is 0 Å². The summed E-state index contributed by atoms with van der Waals surface area (Å²) in [5.74, 6) is 0.974. The van der Waals surface area contributed by atoms with E-state index in [-0.39, 0.29) is 0 Å². The van der Waals surface area contributed by atoms with Gasteiger partial charge in [-0.1, -0.05) is 12.1 Å². The standard InChI is InChI=1S/C13H14N4/c1-2-6-12(17-10-4-9-16-17)11(5-1)13-14-7-3-8-15-13/h1-2,4-6,9-10H,3,7-8H2,(H,14,15). The van der Waals surface area contributed by atoms with Crippen LogP contribution in [0.1, 0.15) is 12.0 Å². The van der Waals surface area contributed by atoms with E-state index in [0.717, 1.165) is 36.6 Å². The van der Waals surface area contributed by atoms with Crippen LogP contribution in [0.2, 0.25) is 0 Å². The highest BCUT2D eigenvalue weighted by Gasteiger charge is 2.12. The van der Waals surface area contributed by atoms with Crippen LogP contribution in [0.5, 0.6) is 0 Å². The summed E-state index contributed by atoms with van der Waals surface area (Å²) in [5.41, 5.74) is 2.17. The molecular weight excluding hydrogens is 212 g/mol. The van der Waals surface area contributed by atoms with Gasteiger partial charge in [0.2, 0.25) is 0 Å². The zero-order valence-corrected chi connectivity index (χ0v) is 9.50. The van der Waals surface area contributed by atoms with E-state index in [2.05, 4.69) is 27.5 Å². The third-order valence-corrected chi connectivity index (χ3v) is 2.81. The van der Waals surface area contributed by atoms with E-state index in [9.17, 15) is 0 Å². The Bertz CT molecular complexity index is 528. The maximum Gasteiger partial charge on any atom is 0.130 e. The van der Waals surface area contributed by atoms with E-state index in [4.69, 9.17) is 0 Å².